The topological polar surface area (TPSA) is 115 Å². The van der Waals surface area contributed by atoms with E-state index in [1.807, 2.05) is 13.0 Å². The van der Waals surface area contributed by atoms with Crippen LogP contribution in [0.2, 0.25) is 0 Å². The van der Waals surface area contributed by atoms with Gasteiger partial charge in [0, 0.05) is 39.0 Å². The number of anilines is 4. The second kappa shape index (κ2) is 11.7. The third-order valence-corrected chi connectivity index (χ3v) is 9.28. The zero-order valence-electron chi connectivity index (χ0n) is 22.5. The number of pyridine rings is 1. The molecule has 3 heterocycles. The van der Waals surface area contributed by atoms with E-state index in [0.29, 0.717) is 34.0 Å². The Kier molecular flexibility index (Phi) is 8.82. The molecule has 1 amide bonds. The van der Waals surface area contributed by atoms with E-state index in [1.54, 1.807) is 23.1 Å². The van der Waals surface area contributed by atoms with E-state index in [2.05, 4.69) is 19.9 Å². The van der Waals surface area contributed by atoms with E-state index in [9.17, 15) is 22.0 Å². The zero-order chi connectivity index (χ0) is 27.8. The number of hydrogen-bond donors (Lipinski definition) is 3. The molecule has 0 unspecified atom stereocenters. The number of nitrogens with zero attached hydrogens (tertiary/aromatic N) is 3. The second-order valence-electron chi connectivity index (χ2n) is 11.0. The summed E-state index contributed by atoms with van der Waals surface area (Å²) in [6.07, 6.45) is 4.02. The molecule has 2 aliphatic heterocycles. The van der Waals surface area contributed by atoms with Gasteiger partial charge in [-0.1, -0.05) is 0 Å². The fourth-order valence-corrected chi connectivity index (χ4v) is 6.25. The lowest BCUT2D eigenvalue weighted by Gasteiger charge is -2.35. The number of carbonyl (C=O) groups is 1. The number of amides is 1. The molecule has 3 N–H and O–H groups in total. The smallest absolute Gasteiger partial charge is 0.258 e. The van der Waals surface area contributed by atoms with Gasteiger partial charge in [0.1, 0.15) is 11.6 Å². The first kappa shape index (κ1) is 30.3. The van der Waals surface area contributed by atoms with E-state index in [0.717, 1.165) is 31.5 Å². The number of aliphatic hydroxyl groups excluding tert-OH is 1. The summed E-state index contributed by atoms with van der Waals surface area (Å²) >= 11 is 0. The van der Waals surface area contributed by atoms with Gasteiger partial charge in [-0.05, 0) is 73.9 Å². The van der Waals surface area contributed by atoms with E-state index in [1.165, 1.54) is 18.9 Å². The number of hydrogen-bond acceptors (Lipinski definition) is 7. The molecule has 13 heteroatoms. The molecule has 3 fully saturated rings. The Morgan fingerprint density at radius 2 is 1.65 bits per heavy atom. The predicted octanol–water partition coefficient (Wildman–Crippen LogP) is 4.41. The van der Waals surface area contributed by atoms with Crippen molar-refractivity contribution in [2.45, 2.75) is 51.4 Å². The van der Waals surface area contributed by atoms with Crippen molar-refractivity contribution in [1.29, 1.82) is 0 Å². The highest BCUT2D eigenvalue weighted by atomic mass is 35.5. The number of nitrogens with one attached hydrogen (secondary N) is 2. The van der Waals surface area contributed by atoms with Gasteiger partial charge in [-0.3, -0.25) is 9.52 Å². The van der Waals surface area contributed by atoms with Gasteiger partial charge in [0.2, 0.25) is 10.0 Å². The number of alkyl halides is 2. The first-order valence-electron chi connectivity index (χ1n) is 13.4. The van der Waals surface area contributed by atoms with Crippen molar-refractivity contribution < 1.29 is 27.1 Å². The molecule has 220 valence electrons. The number of benzene rings is 1. The van der Waals surface area contributed by atoms with Crippen LogP contribution in [0.25, 0.3) is 0 Å². The molecule has 40 heavy (non-hydrogen) atoms. The molecule has 1 aliphatic carbocycles. The maximum absolute atomic E-state index is 13.6. The van der Waals surface area contributed by atoms with Gasteiger partial charge < -0.3 is 20.2 Å². The first-order chi connectivity index (χ1) is 18.5. The van der Waals surface area contributed by atoms with Crippen molar-refractivity contribution >= 4 is 51.3 Å². The van der Waals surface area contributed by atoms with Crippen molar-refractivity contribution in [1.82, 2.24) is 4.98 Å². The Morgan fingerprint density at radius 3 is 2.27 bits per heavy atom. The minimum absolute atomic E-state index is 0. The van der Waals surface area contributed by atoms with Crippen molar-refractivity contribution in [3.8, 4) is 0 Å². The summed E-state index contributed by atoms with van der Waals surface area (Å²) in [6.45, 7) is 3.26. The van der Waals surface area contributed by atoms with Crippen LogP contribution >= 0.6 is 12.4 Å². The maximum atomic E-state index is 13.6. The summed E-state index contributed by atoms with van der Waals surface area (Å²) < 4.78 is 54.3. The number of sulfonamides is 1. The van der Waals surface area contributed by atoms with Gasteiger partial charge >= 0.3 is 0 Å². The third-order valence-electron chi connectivity index (χ3n) is 8.01. The fourth-order valence-electron chi connectivity index (χ4n) is 5.42. The van der Waals surface area contributed by atoms with E-state index < -0.39 is 34.2 Å². The van der Waals surface area contributed by atoms with Gasteiger partial charge in [-0.25, -0.2) is 22.2 Å². The number of rotatable bonds is 8. The number of piperidine rings is 2. The standard InChI is InChI=1S/C27H35F2N5O4S.ClH/c1-19-16-23(30-24(17-19)34-12-8-27(28,29)9-13-34)31-25(36)21-3-2-20(32-39(37,38)15-14-35)18-22(21)33-10-6-26(4-5-26)7-11-33;/h2-3,16-18,32,35H,4-15H2,1H3,(H,30,31,36);1H. The molecule has 0 bridgehead atoms. The van der Waals surface area contributed by atoms with Gasteiger partial charge in [-0.15, -0.1) is 12.4 Å². The van der Waals surface area contributed by atoms with Crippen molar-refractivity contribution in [2.75, 3.05) is 58.4 Å². The highest BCUT2D eigenvalue weighted by Gasteiger charge is 2.44. The number of aliphatic hydroxyl groups is 1. The number of carbonyl (C=O) groups excluding carboxylic acids is 1. The monoisotopic (exact) mass is 599 g/mol. The fraction of sp³-hybridized carbons (Fsp3) is 0.556. The molecule has 5 rings (SSSR count). The summed E-state index contributed by atoms with van der Waals surface area (Å²) in [5, 5.41) is 11.9. The van der Waals surface area contributed by atoms with Crippen molar-refractivity contribution in [3.63, 3.8) is 0 Å². The Balaban J connectivity index is 0.00000370. The maximum Gasteiger partial charge on any atom is 0.258 e. The number of halogens is 3. The molecule has 0 atom stereocenters. The molecule has 0 radical (unpaired) electrons. The van der Waals surface area contributed by atoms with Gasteiger partial charge in [0.05, 0.1) is 29.3 Å². The molecule has 3 aliphatic rings. The molecule has 2 saturated heterocycles. The van der Waals surface area contributed by atoms with Crippen LogP contribution in [0, 0.1) is 12.3 Å². The first-order valence-corrected chi connectivity index (χ1v) is 15.1. The summed E-state index contributed by atoms with van der Waals surface area (Å²) in [7, 11) is -3.73. The van der Waals surface area contributed by atoms with Crippen LogP contribution in [-0.2, 0) is 10.0 Å². The molecular formula is C27H36ClF2N5O4S. The molecule has 1 aromatic carbocycles. The lowest BCUT2D eigenvalue weighted by Crippen LogP contribution is -2.39. The van der Waals surface area contributed by atoms with Crippen molar-refractivity contribution in [3.05, 3.63) is 41.5 Å². The summed E-state index contributed by atoms with van der Waals surface area (Å²) in [5.74, 6) is -2.62. The van der Waals surface area contributed by atoms with Crippen LogP contribution in [0.1, 0.15) is 54.4 Å². The lowest BCUT2D eigenvalue weighted by atomic mass is 9.93. The molecule has 1 saturated carbocycles. The Hall–Kier alpha value is -2.70. The summed E-state index contributed by atoms with van der Waals surface area (Å²) in [5.41, 5.74) is 2.58. The summed E-state index contributed by atoms with van der Waals surface area (Å²) in [4.78, 5) is 22.0. The minimum atomic E-state index is -3.73. The largest absolute Gasteiger partial charge is 0.395 e. The molecule has 2 aromatic rings. The van der Waals surface area contributed by atoms with Gasteiger partial charge in [-0.2, -0.15) is 0 Å². The number of aromatic nitrogens is 1. The molecule has 9 nitrogen and oxygen atoms in total. The normalized spacial score (nSPS) is 19.6. The van der Waals surface area contributed by atoms with Crippen LogP contribution in [0.3, 0.4) is 0 Å². The van der Waals surface area contributed by atoms with Crippen LogP contribution in [0.5, 0.6) is 0 Å². The Labute approximate surface area is 239 Å². The predicted molar refractivity (Wildman–Crippen MR) is 155 cm³/mol. The van der Waals surface area contributed by atoms with Crippen LogP contribution in [0.15, 0.2) is 30.3 Å². The van der Waals surface area contributed by atoms with Gasteiger partial charge in [0.15, 0.2) is 0 Å². The average molecular weight is 600 g/mol. The minimum Gasteiger partial charge on any atom is -0.395 e. The lowest BCUT2D eigenvalue weighted by molar-refractivity contribution is -0.0221. The Bertz CT molecular complexity index is 1340. The molecule has 1 spiro atoms. The third kappa shape index (κ3) is 7.13. The van der Waals surface area contributed by atoms with E-state index in [4.69, 9.17) is 5.11 Å². The average Bonchev–Trinajstić information content (AvgIpc) is 3.62. The zero-order valence-corrected chi connectivity index (χ0v) is 24.1. The van der Waals surface area contributed by atoms with Crippen molar-refractivity contribution in [2.24, 2.45) is 5.41 Å². The highest BCUT2D eigenvalue weighted by Crippen LogP contribution is 2.54. The van der Waals surface area contributed by atoms with Crippen LogP contribution in [-0.4, -0.2) is 68.9 Å². The second-order valence-corrected chi connectivity index (χ2v) is 12.9. The SMILES string of the molecule is Cc1cc(NC(=O)c2ccc(NS(=O)(=O)CCO)cc2N2CCC3(CC2)CC3)nc(N2CCC(F)(F)CC2)c1.Cl. The quantitative estimate of drug-likeness (QED) is 0.412. The number of aryl methyl sites for hydroxylation is 1. The van der Waals surface area contributed by atoms with Gasteiger partial charge in [0.25, 0.3) is 11.8 Å². The summed E-state index contributed by atoms with van der Waals surface area (Å²) in [6, 6.07) is 8.33. The van der Waals surface area contributed by atoms with Crippen LogP contribution in [0.4, 0.5) is 31.8 Å². The van der Waals surface area contributed by atoms with E-state index >= 15 is 0 Å². The molecule has 1 aromatic heterocycles. The highest BCUT2D eigenvalue weighted by molar-refractivity contribution is 7.92. The Morgan fingerprint density at radius 1 is 1.00 bits per heavy atom. The van der Waals surface area contributed by atoms with E-state index in [-0.39, 0.29) is 38.3 Å². The molecular weight excluding hydrogens is 564 g/mol. The van der Waals surface area contributed by atoms with Crippen LogP contribution < -0.4 is 19.8 Å².